The summed E-state index contributed by atoms with van der Waals surface area (Å²) >= 11 is 0. The van der Waals surface area contributed by atoms with E-state index in [-0.39, 0.29) is 30.2 Å². The first-order valence-corrected chi connectivity index (χ1v) is 14.0. The van der Waals surface area contributed by atoms with E-state index in [1.165, 1.54) is 4.90 Å². The Kier molecular flexibility index (Phi) is 9.22. The molecular weight excluding hydrogens is 522 g/mol. The molecule has 10 nitrogen and oxygen atoms in total. The SMILES string of the molecule is CCOC(=O)C1=C(CN2CCN(C(=O)NC(C)(C)C)[C@@H](C)C2)N(C)C(=O)N[C@@H]1c1cccc(Oc2ccccc2)c1. The number of carbonyl (C=O) groups is 3. The van der Waals surface area contributed by atoms with Crippen LogP contribution in [0.2, 0.25) is 0 Å². The van der Waals surface area contributed by atoms with E-state index in [1.54, 1.807) is 14.0 Å². The van der Waals surface area contributed by atoms with Gasteiger partial charge in [0.05, 0.1) is 18.2 Å². The number of ether oxygens (including phenoxy) is 2. The fraction of sp³-hybridized carbons (Fsp3) is 0.452. The molecule has 2 aliphatic rings. The van der Waals surface area contributed by atoms with E-state index in [2.05, 4.69) is 15.5 Å². The molecule has 1 fully saturated rings. The van der Waals surface area contributed by atoms with Gasteiger partial charge in [-0.15, -0.1) is 0 Å². The van der Waals surface area contributed by atoms with Crippen molar-refractivity contribution in [3.63, 3.8) is 0 Å². The minimum atomic E-state index is -0.719. The number of esters is 1. The zero-order valence-electron chi connectivity index (χ0n) is 24.8. The summed E-state index contributed by atoms with van der Waals surface area (Å²) in [5.74, 6) is 0.790. The molecule has 0 aliphatic carbocycles. The van der Waals surface area contributed by atoms with Crippen LogP contribution in [0.1, 0.15) is 46.2 Å². The van der Waals surface area contributed by atoms with Crippen LogP contribution in [0.4, 0.5) is 9.59 Å². The Morgan fingerprint density at radius 3 is 2.41 bits per heavy atom. The van der Waals surface area contributed by atoms with Gasteiger partial charge in [-0.1, -0.05) is 30.3 Å². The van der Waals surface area contributed by atoms with Gasteiger partial charge >= 0.3 is 18.0 Å². The lowest BCUT2D eigenvalue weighted by molar-refractivity contribution is -0.139. The van der Waals surface area contributed by atoms with Gasteiger partial charge in [0.25, 0.3) is 0 Å². The van der Waals surface area contributed by atoms with Crippen molar-refractivity contribution in [3.05, 3.63) is 71.4 Å². The van der Waals surface area contributed by atoms with Crippen LogP contribution in [0.3, 0.4) is 0 Å². The predicted octanol–water partition coefficient (Wildman–Crippen LogP) is 4.51. The zero-order valence-corrected chi connectivity index (χ0v) is 24.8. The summed E-state index contributed by atoms with van der Waals surface area (Å²) in [5.41, 5.74) is 1.33. The van der Waals surface area contributed by atoms with Crippen LogP contribution in [-0.2, 0) is 9.53 Å². The van der Waals surface area contributed by atoms with E-state index < -0.39 is 12.0 Å². The number of amides is 4. The lowest BCUT2D eigenvalue weighted by atomic mass is 9.94. The number of nitrogens with one attached hydrogen (secondary N) is 2. The highest BCUT2D eigenvalue weighted by Crippen LogP contribution is 2.34. The average molecular weight is 564 g/mol. The third-order valence-electron chi connectivity index (χ3n) is 7.07. The normalized spacial score (nSPS) is 20.0. The van der Waals surface area contributed by atoms with E-state index in [1.807, 2.05) is 87.2 Å². The first kappa shape index (κ1) is 29.9. The second-order valence-electron chi connectivity index (χ2n) is 11.5. The van der Waals surface area contributed by atoms with Crippen molar-refractivity contribution in [2.45, 2.75) is 52.2 Å². The number of rotatable bonds is 7. The summed E-state index contributed by atoms with van der Waals surface area (Å²) in [5, 5.41) is 6.01. The van der Waals surface area contributed by atoms with Crippen LogP contribution in [0, 0.1) is 0 Å². The number of hydrogen-bond donors (Lipinski definition) is 2. The van der Waals surface area contributed by atoms with Crippen molar-refractivity contribution >= 4 is 18.0 Å². The second-order valence-corrected chi connectivity index (χ2v) is 11.5. The van der Waals surface area contributed by atoms with E-state index in [0.717, 1.165) is 0 Å². The fourth-order valence-corrected chi connectivity index (χ4v) is 5.11. The van der Waals surface area contributed by atoms with Gasteiger partial charge in [-0.25, -0.2) is 14.4 Å². The number of benzene rings is 2. The van der Waals surface area contributed by atoms with Crippen molar-refractivity contribution < 1.29 is 23.9 Å². The molecule has 4 amide bonds. The quantitative estimate of drug-likeness (QED) is 0.481. The summed E-state index contributed by atoms with van der Waals surface area (Å²) in [6.07, 6.45) is 0. The number of para-hydroxylation sites is 1. The van der Waals surface area contributed by atoms with Gasteiger partial charge in [0.15, 0.2) is 0 Å². The molecule has 2 N–H and O–H groups in total. The molecule has 0 spiro atoms. The molecule has 0 radical (unpaired) electrons. The molecule has 10 heteroatoms. The molecule has 0 aromatic heterocycles. The second kappa shape index (κ2) is 12.6. The summed E-state index contributed by atoms with van der Waals surface area (Å²) < 4.78 is 11.5. The summed E-state index contributed by atoms with van der Waals surface area (Å²) in [6.45, 7) is 11.9. The van der Waals surface area contributed by atoms with Crippen LogP contribution in [0.15, 0.2) is 65.9 Å². The van der Waals surface area contributed by atoms with Gasteiger partial charge in [0, 0.05) is 50.5 Å². The molecule has 2 aliphatic heterocycles. The number of urea groups is 2. The summed E-state index contributed by atoms with van der Waals surface area (Å²) in [6, 6.07) is 15.6. The number of hydrogen-bond acceptors (Lipinski definition) is 6. The number of nitrogens with zero attached hydrogens (tertiary/aromatic N) is 3. The van der Waals surface area contributed by atoms with Crippen molar-refractivity contribution in [2.75, 3.05) is 39.8 Å². The van der Waals surface area contributed by atoms with Gasteiger partial charge in [-0.2, -0.15) is 0 Å². The van der Waals surface area contributed by atoms with Crippen molar-refractivity contribution in [3.8, 4) is 11.5 Å². The lowest BCUT2D eigenvalue weighted by Gasteiger charge is -2.43. The Morgan fingerprint density at radius 2 is 1.76 bits per heavy atom. The Balaban J connectivity index is 1.62. The Morgan fingerprint density at radius 1 is 1.05 bits per heavy atom. The highest BCUT2D eigenvalue weighted by Gasteiger charge is 2.38. The minimum absolute atomic E-state index is 0.0527. The van der Waals surface area contributed by atoms with Crippen LogP contribution in [-0.4, -0.2) is 84.1 Å². The third-order valence-corrected chi connectivity index (χ3v) is 7.07. The average Bonchev–Trinajstić information content (AvgIpc) is 2.91. The summed E-state index contributed by atoms with van der Waals surface area (Å²) in [7, 11) is 1.66. The number of carbonyl (C=O) groups excluding carboxylic acids is 3. The predicted molar refractivity (Wildman–Crippen MR) is 157 cm³/mol. The van der Waals surface area contributed by atoms with Crippen molar-refractivity contribution in [2.24, 2.45) is 0 Å². The molecule has 2 aromatic rings. The molecule has 0 saturated carbocycles. The van der Waals surface area contributed by atoms with Crippen LogP contribution < -0.4 is 15.4 Å². The van der Waals surface area contributed by atoms with E-state index in [9.17, 15) is 14.4 Å². The minimum Gasteiger partial charge on any atom is -0.463 e. The highest BCUT2D eigenvalue weighted by molar-refractivity contribution is 5.95. The molecule has 0 bridgehead atoms. The molecule has 4 rings (SSSR count). The first-order valence-electron chi connectivity index (χ1n) is 14.0. The van der Waals surface area contributed by atoms with Gasteiger partial charge in [0.2, 0.25) is 0 Å². The molecule has 0 unspecified atom stereocenters. The molecule has 2 atom stereocenters. The Bertz CT molecular complexity index is 1290. The van der Waals surface area contributed by atoms with Gasteiger partial charge in [0.1, 0.15) is 11.5 Å². The maximum atomic E-state index is 13.4. The number of likely N-dealkylation sites (N-methyl/N-ethyl adjacent to an activating group) is 1. The van der Waals surface area contributed by atoms with Gasteiger partial charge in [-0.05, 0) is 64.4 Å². The molecule has 2 aromatic carbocycles. The van der Waals surface area contributed by atoms with E-state index in [0.29, 0.717) is 54.5 Å². The van der Waals surface area contributed by atoms with Gasteiger partial charge < -0.3 is 25.0 Å². The Labute approximate surface area is 242 Å². The third kappa shape index (κ3) is 7.38. The highest BCUT2D eigenvalue weighted by atomic mass is 16.5. The first-order chi connectivity index (χ1) is 19.5. The van der Waals surface area contributed by atoms with Crippen molar-refractivity contribution in [1.82, 2.24) is 25.3 Å². The van der Waals surface area contributed by atoms with Crippen LogP contribution in [0.5, 0.6) is 11.5 Å². The lowest BCUT2D eigenvalue weighted by Crippen LogP contribution is -2.59. The Hall–Kier alpha value is -4.05. The smallest absolute Gasteiger partial charge is 0.338 e. The maximum Gasteiger partial charge on any atom is 0.338 e. The molecule has 41 heavy (non-hydrogen) atoms. The number of piperazine rings is 1. The van der Waals surface area contributed by atoms with E-state index >= 15 is 0 Å². The summed E-state index contributed by atoms with van der Waals surface area (Å²) in [4.78, 5) is 44.9. The fourth-order valence-electron chi connectivity index (χ4n) is 5.11. The molecule has 1 saturated heterocycles. The molecule has 220 valence electrons. The topological polar surface area (TPSA) is 103 Å². The maximum absolute atomic E-state index is 13.4. The zero-order chi connectivity index (χ0) is 29.7. The van der Waals surface area contributed by atoms with Gasteiger partial charge in [-0.3, -0.25) is 9.80 Å². The van der Waals surface area contributed by atoms with E-state index in [4.69, 9.17) is 9.47 Å². The monoisotopic (exact) mass is 563 g/mol. The van der Waals surface area contributed by atoms with Crippen LogP contribution in [0.25, 0.3) is 0 Å². The van der Waals surface area contributed by atoms with Crippen LogP contribution >= 0.6 is 0 Å². The molecular formula is C31H41N5O5. The largest absolute Gasteiger partial charge is 0.463 e. The standard InChI is InChI=1S/C31H41N5O5/c1-7-40-28(37)26-25(20-35-16-17-36(21(2)19-35)30(39)33-31(3,4)5)34(6)29(38)32-27(26)22-12-11-15-24(18-22)41-23-13-9-8-10-14-23/h8-15,18,21,27H,7,16-17,19-20H2,1-6H3,(H,32,38)(H,33,39)/t21-,27+/m0/s1. The van der Waals surface area contributed by atoms with Crippen molar-refractivity contribution in [1.29, 1.82) is 0 Å². The molecule has 2 heterocycles.